The van der Waals surface area contributed by atoms with Crippen molar-refractivity contribution < 1.29 is 8.78 Å². The number of para-hydroxylation sites is 1. The molecular formula is C41H63F2N3. The summed E-state index contributed by atoms with van der Waals surface area (Å²) in [7, 11) is 1.50. The van der Waals surface area contributed by atoms with Crippen molar-refractivity contribution in [3.8, 4) is 11.3 Å². The SMILES string of the molecule is CC.CC.CC.CC.CCC(F)(CC)c1cc(F)cc2c3ccccc3n3c(-c4c(C)c(C)c(C)c(C)c4C)c(C)nc3c12.CN. The van der Waals surface area contributed by atoms with Gasteiger partial charge in [0.15, 0.2) is 0 Å². The van der Waals surface area contributed by atoms with Gasteiger partial charge in [-0.1, -0.05) is 87.4 Å². The number of aryl methyl sites for hydroxylation is 1. The van der Waals surface area contributed by atoms with Crippen LogP contribution in [0.1, 0.15) is 121 Å². The monoisotopic (exact) mass is 635 g/mol. The van der Waals surface area contributed by atoms with Crippen LogP contribution in [0.5, 0.6) is 0 Å². The Kier molecular flexibility index (Phi) is 18.0. The summed E-state index contributed by atoms with van der Waals surface area (Å²) in [5.74, 6) is -0.420. The first-order chi connectivity index (χ1) is 22.1. The Morgan fingerprint density at radius 1 is 0.696 bits per heavy atom. The van der Waals surface area contributed by atoms with E-state index >= 15 is 8.78 Å². The van der Waals surface area contributed by atoms with Gasteiger partial charge in [0.2, 0.25) is 0 Å². The first-order valence-corrected chi connectivity index (χ1v) is 17.4. The quantitative estimate of drug-likeness (QED) is 0.200. The van der Waals surface area contributed by atoms with Crippen molar-refractivity contribution in [2.45, 2.75) is 129 Å². The summed E-state index contributed by atoms with van der Waals surface area (Å²) in [6.45, 7) is 32.5. The highest BCUT2D eigenvalue weighted by atomic mass is 19.1. The Labute approximate surface area is 279 Å². The van der Waals surface area contributed by atoms with E-state index in [1.807, 2.05) is 94.4 Å². The lowest BCUT2D eigenvalue weighted by Gasteiger charge is -2.25. The zero-order valence-corrected chi connectivity index (χ0v) is 32.1. The van der Waals surface area contributed by atoms with E-state index < -0.39 is 11.5 Å². The van der Waals surface area contributed by atoms with Crippen molar-refractivity contribution in [2.75, 3.05) is 7.05 Å². The Bertz CT molecular complexity index is 1660. The standard InChI is InChI=1S/C32H34F2N2.4C2H6.CH5N/c1-9-32(34,10-2)26-16-23(33)15-25-24-13-11-12-14-27(24)36-30(22(8)35-31(36)29(25)26)28-20(6)18(4)17(3)19(5)21(28)7;5*1-2/h11-16H,9-10H2,1-8H3;4*1-2H3;2H2,1H3. The van der Waals surface area contributed by atoms with Gasteiger partial charge < -0.3 is 5.73 Å². The predicted molar refractivity (Wildman–Crippen MR) is 203 cm³/mol. The van der Waals surface area contributed by atoms with Crippen LogP contribution in [-0.2, 0) is 5.67 Å². The molecule has 0 aliphatic heterocycles. The number of aromatic nitrogens is 2. The molecule has 2 N–H and O–H groups in total. The number of benzene rings is 3. The number of hydrogen-bond acceptors (Lipinski definition) is 2. The molecule has 5 aromatic rings. The van der Waals surface area contributed by atoms with Crippen molar-refractivity contribution in [1.29, 1.82) is 0 Å². The highest BCUT2D eigenvalue weighted by Gasteiger charge is 2.33. The molecule has 5 rings (SSSR count). The average molecular weight is 636 g/mol. The molecule has 0 aliphatic carbocycles. The summed E-state index contributed by atoms with van der Waals surface area (Å²) in [6.07, 6.45) is 0.532. The van der Waals surface area contributed by atoms with Gasteiger partial charge in [0, 0.05) is 21.9 Å². The smallest absolute Gasteiger partial charge is 0.146 e. The summed E-state index contributed by atoms with van der Waals surface area (Å²) in [5, 5.41) is 2.30. The van der Waals surface area contributed by atoms with Crippen molar-refractivity contribution in [2.24, 2.45) is 5.73 Å². The Morgan fingerprint density at radius 3 is 1.63 bits per heavy atom. The van der Waals surface area contributed by atoms with Crippen LogP contribution >= 0.6 is 0 Å². The van der Waals surface area contributed by atoms with Crippen LogP contribution in [0.4, 0.5) is 8.78 Å². The third-order valence-electron chi connectivity index (χ3n) is 8.65. The summed E-state index contributed by atoms with van der Waals surface area (Å²) in [5.41, 5.74) is 14.3. The molecule has 3 nitrogen and oxygen atoms in total. The minimum Gasteiger partial charge on any atom is -0.333 e. The maximum absolute atomic E-state index is 16.3. The normalized spacial score (nSPS) is 10.3. The Hall–Kier alpha value is -3.31. The molecule has 0 saturated carbocycles. The van der Waals surface area contributed by atoms with Gasteiger partial charge in [-0.3, -0.25) is 4.40 Å². The van der Waals surface area contributed by atoms with E-state index in [1.54, 1.807) is 0 Å². The van der Waals surface area contributed by atoms with Crippen molar-refractivity contribution >= 4 is 27.3 Å². The molecule has 0 fully saturated rings. The van der Waals surface area contributed by atoms with Gasteiger partial charge in [-0.05, 0) is 113 Å². The predicted octanol–water partition coefficient (Wildman–Crippen LogP) is 13.0. The molecule has 2 heterocycles. The van der Waals surface area contributed by atoms with Gasteiger partial charge in [-0.15, -0.1) is 0 Å². The van der Waals surface area contributed by atoms with Gasteiger partial charge >= 0.3 is 0 Å². The molecule has 0 bridgehead atoms. The number of halogens is 2. The highest BCUT2D eigenvalue weighted by molar-refractivity contribution is 6.14. The molecule has 3 aromatic carbocycles. The molecule has 0 atom stereocenters. The largest absolute Gasteiger partial charge is 0.333 e. The lowest BCUT2D eigenvalue weighted by molar-refractivity contribution is 0.153. The second kappa shape index (κ2) is 19.4. The lowest BCUT2D eigenvalue weighted by Crippen LogP contribution is -2.19. The van der Waals surface area contributed by atoms with Gasteiger partial charge in [-0.25, -0.2) is 13.8 Å². The van der Waals surface area contributed by atoms with Crippen LogP contribution in [0.15, 0.2) is 36.4 Å². The van der Waals surface area contributed by atoms with Crippen LogP contribution in [0.2, 0.25) is 0 Å². The number of rotatable bonds is 4. The van der Waals surface area contributed by atoms with Gasteiger partial charge in [0.1, 0.15) is 17.1 Å². The van der Waals surface area contributed by atoms with Gasteiger partial charge in [-0.2, -0.15) is 0 Å². The molecule has 0 amide bonds. The molecule has 0 aliphatic rings. The number of imidazole rings is 1. The van der Waals surface area contributed by atoms with E-state index in [1.165, 1.54) is 52.6 Å². The number of hydrogen-bond donors (Lipinski definition) is 1. The first-order valence-electron chi connectivity index (χ1n) is 17.4. The molecule has 5 heteroatoms. The number of nitrogens with two attached hydrogens (primary N) is 1. The van der Waals surface area contributed by atoms with Crippen LogP contribution in [-0.4, -0.2) is 16.4 Å². The molecular weight excluding hydrogens is 572 g/mol. The van der Waals surface area contributed by atoms with E-state index in [0.29, 0.717) is 22.0 Å². The average Bonchev–Trinajstić information content (AvgIpc) is 3.46. The number of nitrogens with zero attached hydrogens (tertiary/aromatic N) is 2. The fourth-order valence-corrected chi connectivity index (χ4v) is 6.02. The first kappa shape index (κ1) is 42.7. The van der Waals surface area contributed by atoms with Crippen LogP contribution in [0.25, 0.3) is 38.6 Å². The van der Waals surface area contributed by atoms with Crippen LogP contribution < -0.4 is 5.73 Å². The van der Waals surface area contributed by atoms with Crippen LogP contribution in [0.3, 0.4) is 0 Å². The minimum absolute atomic E-state index is 0.266. The molecule has 0 unspecified atom stereocenters. The maximum Gasteiger partial charge on any atom is 0.146 e. The van der Waals surface area contributed by atoms with E-state index in [0.717, 1.165) is 22.3 Å². The molecule has 46 heavy (non-hydrogen) atoms. The molecule has 2 aromatic heterocycles. The van der Waals surface area contributed by atoms with Gasteiger partial charge in [0.05, 0.1) is 16.9 Å². The van der Waals surface area contributed by atoms with E-state index in [-0.39, 0.29) is 12.8 Å². The molecule has 0 spiro atoms. The Balaban J connectivity index is 0.00000185. The second-order valence-electron chi connectivity index (χ2n) is 10.3. The van der Waals surface area contributed by atoms with E-state index in [4.69, 9.17) is 4.98 Å². The summed E-state index contributed by atoms with van der Waals surface area (Å²) in [4.78, 5) is 5.08. The second-order valence-corrected chi connectivity index (χ2v) is 10.3. The Morgan fingerprint density at radius 2 is 1.15 bits per heavy atom. The topological polar surface area (TPSA) is 43.3 Å². The number of pyridine rings is 1. The van der Waals surface area contributed by atoms with Crippen LogP contribution in [0, 0.1) is 47.4 Å². The minimum atomic E-state index is -1.65. The maximum atomic E-state index is 16.3. The molecule has 256 valence electrons. The summed E-state index contributed by atoms with van der Waals surface area (Å²) >= 11 is 0. The summed E-state index contributed by atoms with van der Waals surface area (Å²) < 4.78 is 33.5. The fourth-order valence-electron chi connectivity index (χ4n) is 6.02. The zero-order valence-electron chi connectivity index (χ0n) is 32.1. The highest BCUT2D eigenvalue weighted by Crippen LogP contribution is 2.44. The van der Waals surface area contributed by atoms with E-state index in [2.05, 4.69) is 50.8 Å². The lowest BCUT2D eigenvalue weighted by atomic mass is 9.86. The van der Waals surface area contributed by atoms with Crippen molar-refractivity contribution in [3.63, 3.8) is 0 Å². The summed E-state index contributed by atoms with van der Waals surface area (Å²) in [6, 6.07) is 10.9. The zero-order chi connectivity index (χ0) is 36.1. The van der Waals surface area contributed by atoms with Crippen molar-refractivity contribution in [1.82, 2.24) is 9.38 Å². The van der Waals surface area contributed by atoms with E-state index in [9.17, 15) is 0 Å². The third kappa shape index (κ3) is 7.62. The van der Waals surface area contributed by atoms with Gasteiger partial charge in [0.25, 0.3) is 0 Å². The van der Waals surface area contributed by atoms with Crippen molar-refractivity contribution in [3.05, 3.63) is 81.3 Å². The molecule has 0 saturated heterocycles. The number of alkyl halides is 1. The fraction of sp³-hybridized carbons (Fsp3) is 0.488. The molecule has 0 radical (unpaired) electrons. The third-order valence-corrected chi connectivity index (χ3v) is 8.65. The number of fused-ring (bicyclic) bond motifs is 6.